The van der Waals surface area contributed by atoms with Crippen LogP contribution in [0.4, 0.5) is 0 Å². The van der Waals surface area contributed by atoms with Gasteiger partial charge in [0.1, 0.15) is 0 Å². The highest BCUT2D eigenvalue weighted by Gasteiger charge is 2.31. The number of hydrogen-bond donors (Lipinski definition) is 2. The van der Waals surface area contributed by atoms with E-state index in [1.54, 1.807) is 4.90 Å². The molecule has 4 heteroatoms. The van der Waals surface area contributed by atoms with Gasteiger partial charge in [0.25, 0.3) is 0 Å². The zero-order valence-corrected chi connectivity index (χ0v) is 6.66. The molecule has 1 unspecified atom stereocenters. The molecule has 0 aromatic heterocycles. The summed E-state index contributed by atoms with van der Waals surface area (Å²) < 4.78 is 0. The third kappa shape index (κ3) is 1.70. The molecular formula is C7H14N2O2. The maximum absolute atomic E-state index is 10.9. The molecule has 2 atom stereocenters. The smallest absolute Gasteiger partial charge is 0.219 e. The maximum atomic E-state index is 10.9. The molecule has 1 amide bonds. The number of carbonyl (C=O) groups excluding carboxylic acids is 1. The number of nitrogens with two attached hydrogens (primary N) is 1. The van der Waals surface area contributed by atoms with Gasteiger partial charge in [0, 0.05) is 26.1 Å². The van der Waals surface area contributed by atoms with Gasteiger partial charge in [-0.3, -0.25) is 4.79 Å². The highest BCUT2D eigenvalue weighted by molar-refractivity contribution is 5.74. The van der Waals surface area contributed by atoms with Gasteiger partial charge in [0.05, 0.1) is 6.10 Å². The van der Waals surface area contributed by atoms with Crippen molar-refractivity contribution in [3.05, 3.63) is 0 Å². The van der Waals surface area contributed by atoms with Gasteiger partial charge in [-0.15, -0.1) is 0 Å². The summed E-state index contributed by atoms with van der Waals surface area (Å²) >= 11 is 0. The molecule has 0 bridgehead atoms. The Kier molecular flexibility index (Phi) is 2.46. The lowest BCUT2D eigenvalue weighted by Gasteiger charge is -2.20. The summed E-state index contributed by atoms with van der Waals surface area (Å²) in [6.07, 6.45) is 0.239. The summed E-state index contributed by atoms with van der Waals surface area (Å²) in [7, 11) is 0. The van der Waals surface area contributed by atoms with Crippen LogP contribution in [0.2, 0.25) is 0 Å². The van der Waals surface area contributed by atoms with Crippen molar-refractivity contribution >= 4 is 5.91 Å². The van der Waals surface area contributed by atoms with Crippen molar-refractivity contribution in [3.63, 3.8) is 0 Å². The lowest BCUT2D eigenvalue weighted by atomic mass is 10.2. The number of likely N-dealkylation sites (tertiary alicyclic amines) is 1. The SMILES string of the molecule is CC(=O)N1CC(O)C[C@H]1CN. The molecule has 0 saturated carbocycles. The fraction of sp³-hybridized carbons (Fsp3) is 0.857. The molecule has 0 aromatic carbocycles. The highest BCUT2D eigenvalue weighted by Crippen LogP contribution is 2.16. The molecule has 11 heavy (non-hydrogen) atoms. The quantitative estimate of drug-likeness (QED) is 0.510. The van der Waals surface area contributed by atoms with Crippen LogP contribution in [0.15, 0.2) is 0 Å². The summed E-state index contributed by atoms with van der Waals surface area (Å²) in [6, 6.07) is 0.0440. The van der Waals surface area contributed by atoms with Crippen LogP contribution in [0.25, 0.3) is 0 Å². The molecule has 0 aromatic rings. The Balaban J connectivity index is 2.57. The van der Waals surface area contributed by atoms with Crippen LogP contribution < -0.4 is 5.73 Å². The minimum atomic E-state index is -0.382. The van der Waals surface area contributed by atoms with Gasteiger partial charge in [0.15, 0.2) is 0 Å². The minimum Gasteiger partial charge on any atom is -0.391 e. The number of rotatable bonds is 1. The van der Waals surface area contributed by atoms with Crippen LogP contribution in [0.1, 0.15) is 13.3 Å². The third-order valence-corrected chi connectivity index (χ3v) is 2.07. The predicted molar refractivity (Wildman–Crippen MR) is 40.9 cm³/mol. The van der Waals surface area contributed by atoms with E-state index in [4.69, 9.17) is 5.73 Å². The summed E-state index contributed by atoms with van der Waals surface area (Å²) in [5.41, 5.74) is 5.42. The standard InChI is InChI=1S/C7H14N2O2/c1-5(10)9-4-7(11)2-6(9)3-8/h6-7,11H,2-4,8H2,1H3/t6-,7?/m0/s1. The monoisotopic (exact) mass is 158 g/mol. The van der Waals surface area contributed by atoms with E-state index in [1.807, 2.05) is 0 Å². The minimum absolute atomic E-state index is 0.00278. The first-order valence-corrected chi connectivity index (χ1v) is 3.80. The van der Waals surface area contributed by atoms with Crippen molar-refractivity contribution in [3.8, 4) is 0 Å². The molecule has 1 saturated heterocycles. The zero-order valence-electron chi connectivity index (χ0n) is 6.66. The fourth-order valence-electron chi connectivity index (χ4n) is 1.50. The molecule has 1 aliphatic rings. The normalized spacial score (nSPS) is 31.0. The zero-order chi connectivity index (χ0) is 8.43. The highest BCUT2D eigenvalue weighted by atomic mass is 16.3. The second kappa shape index (κ2) is 3.19. The molecular weight excluding hydrogens is 144 g/mol. The van der Waals surface area contributed by atoms with Gasteiger partial charge in [0.2, 0.25) is 5.91 Å². The number of hydrogen-bond acceptors (Lipinski definition) is 3. The first-order valence-electron chi connectivity index (χ1n) is 3.80. The van der Waals surface area contributed by atoms with E-state index in [2.05, 4.69) is 0 Å². The van der Waals surface area contributed by atoms with Crippen LogP contribution in [0.5, 0.6) is 0 Å². The van der Waals surface area contributed by atoms with E-state index in [-0.39, 0.29) is 18.1 Å². The molecule has 4 nitrogen and oxygen atoms in total. The average molecular weight is 158 g/mol. The topological polar surface area (TPSA) is 66.6 Å². The van der Waals surface area contributed by atoms with E-state index in [9.17, 15) is 9.90 Å². The summed E-state index contributed by atoms with van der Waals surface area (Å²) in [4.78, 5) is 12.5. The summed E-state index contributed by atoms with van der Waals surface area (Å²) in [5, 5.41) is 9.20. The molecule has 0 aliphatic carbocycles. The first-order chi connectivity index (χ1) is 5.15. The van der Waals surface area contributed by atoms with Crippen molar-refractivity contribution in [1.29, 1.82) is 0 Å². The van der Waals surface area contributed by atoms with Crippen molar-refractivity contribution in [2.45, 2.75) is 25.5 Å². The Morgan fingerprint density at radius 3 is 2.82 bits per heavy atom. The second-order valence-electron chi connectivity index (χ2n) is 2.95. The first kappa shape index (κ1) is 8.49. The number of carbonyl (C=O) groups is 1. The van der Waals surface area contributed by atoms with Gasteiger partial charge in [-0.2, -0.15) is 0 Å². The van der Waals surface area contributed by atoms with Gasteiger partial charge >= 0.3 is 0 Å². The molecule has 1 fully saturated rings. The van der Waals surface area contributed by atoms with Gasteiger partial charge in [-0.05, 0) is 6.42 Å². The number of aliphatic hydroxyl groups excluding tert-OH is 1. The number of amides is 1. The average Bonchev–Trinajstić information content (AvgIpc) is 2.30. The maximum Gasteiger partial charge on any atom is 0.219 e. The van der Waals surface area contributed by atoms with Crippen molar-refractivity contribution in [1.82, 2.24) is 4.90 Å². The van der Waals surface area contributed by atoms with Gasteiger partial charge in [-0.1, -0.05) is 0 Å². The summed E-state index contributed by atoms with van der Waals surface area (Å²) in [5.74, 6) is -0.00278. The Labute approximate surface area is 66.0 Å². The second-order valence-corrected chi connectivity index (χ2v) is 2.95. The van der Waals surface area contributed by atoms with Crippen LogP contribution in [0.3, 0.4) is 0 Å². The molecule has 3 N–H and O–H groups in total. The molecule has 0 spiro atoms. The Morgan fingerprint density at radius 2 is 2.45 bits per heavy atom. The predicted octanol–water partition coefficient (Wildman–Crippen LogP) is -1.07. The number of nitrogens with zero attached hydrogens (tertiary/aromatic N) is 1. The fourth-order valence-corrected chi connectivity index (χ4v) is 1.50. The van der Waals surface area contributed by atoms with E-state index in [1.165, 1.54) is 6.92 Å². The number of β-amino-alcohol motifs (C(OH)–C–C–N with tert-alkyl or cyclic N) is 1. The molecule has 1 rings (SSSR count). The lowest BCUT2D eigenvalue weighted by Crippen LogP contribution is -2.38. The number of aliphatic hydroxyl groups is 1. The van der Waals surface area contributed by atoms with E-state index >= 15 is 0 Å². The third-order valence-electron chi connectivity index (χ3n) is 2.07. The van der Waals surface area contributed by atoms with Gasteiger partial charge < -0.3 is 15.7 Å². The molecule has 0 radical (unpaired) electrons. The Hall–Kier alpha value is -0.610. The molecule has 1 aliphatic heterocycles. The van der Waals surface area contributed by atoms with E-state index < -0.39 is 0 Å². The van der Waals surface area contributed by atoms with Crippen LogP contribution >= 0.6 is 0 Å². The van der Waals surface area contributed by atoms with Crippen LogP contribution in [-0.4, -0.2) is 41.1 Å². The Bertz CT molecular complexity index is 161. The van der Waals surface area contributed by atoms with Crippen molar-refractivity contribution < 1.29 is 9.90 Å². The van der Waals surface area contributed by atoms with Crippen molar-refractivity contribution in [2.75, 3.05) is 13.1 Å². The van der Waals surface area contributed by atoms with Crippen LogP contribution in [-0.2, 0) is 4.79 Å². The van der Waals surface area contributed by atoms with Gasteiger partial charge in [-0.25, -0.2) is 0 Å². The van der Waals surface area contributed by atoms with Crippen molar-refractivity contribution in [2.24, 2.45) is 5.73 Å². The lowest BCUT2D eigenvalue weighted by molar-refractivity contribution is -0.129. The Morgan fingerprint density at radius 1 is 1.82 bits per heavy atom. The largest absolute Gasteiger partial charge is 0.391 e. The summed E-state index contributed by atoms with van der Waals surface area (Å²) in [6.45, 7) is 2.38. The molecule has 64 valence electrons. The van der Waals surface area contributed by atoms with Crippen LogP contribution in [0, 0.1) is 0 Å². The van der Waals surface area contributed by atoms with E-state index in [0.717, 1.165) is 0 Å². The van der Waals surface area contributed by atoms with E-state index in [0.29, 0.717) is 19.5 Å². The molecule has 1 heterocycles.